The normalized spacial score (nSPS) is 25.7. The molecule has 0 aromatic carbocycles. The summed E-state index contributed by atoms with van der Waals surface area (Å²) in [5.41, 5.74) is -1.62. The van der Waals surface area contributed by atoms with Gasteiger partial charge in [0.2, 0.25) is 0 Å². The van der Waals surface area contributed by atoms with Crippen LogP contribution in [0, 0.1) is 29.1 Å². The van der Waals surface area contributed by atoms with E-state index in [2.05, 4.69) is 26.2 Å². The SMILES string of the molecule is CC(COC(=O)C1C[Si](C)(C)O[Si](C)(C)C1)CC1C(=O)OC(=O)C1CC(C)(C)C(=O)OC(C)(C)C. The summed E-state index contributed by atoms with van der Waals surface area (Å²) in [5.74, 6) is -3.52. The standard InChI is InChI=1S/C25H44O8Si2/c1-16(13-30-20(26)17-14-34(7,8)33-35(9,10)15-17)11-18-19(22(28)31-21(18)27)12-25(5,6)23(29)32-24(2,3)4/h16-19H,11-15H2,1-10H3. The van der Waals surface area contributed by atoms with Gasteiger partial charge >= 0.3 is 23.9 Å². The van der Waals surface area contributed by atoms with Crippen LogP contribution in [0.1, 0.15) is 54.4 Å². The Balaban J connectivity index is 1.98. The fraction of sp³-hybridized carbons (Fsp3) is 0.840. The number of hydrogen-bond donors (Lipinski definition) is 0. The molecule has 3 unspecified atom stereocenters. The monoisotopic (exact) mass is 528 g/mol. The zero-order chi connectivity index (χ0) is 27.0. The first-order valence-corrected chi connectivity index (χ1v) is 18.8. The molecule has 0 radical (unpaired) electrons. The maximum atomic E-state index is 12.8. The molecule has 2 aliphatic rings. The van der Waals surface area contributed by atoms with Crippen molar-refractivity contribution in [1.82, 2.24) is 0 Å². The van der Waals surface area contributed by atoms with Crippen LogP contribution >= 0.6 is 0 Å². The van der Waals surface area contributed by atoms with Crippen LogP contribution in [0.25, 0.3) is 0 Å². The molecule has 2 saturated heterocycles. The number of carbonyl (C=O) groups is 4. The van der Waals surface area contributed by atoms with E-state index in [1.807, 2.05) is 6.92 Å². The van der Waals surface area contributed by atoms with Gasteiger partial charge in [0, 0.05) is 0 Å². The lowest BCUT2D eigenvalue weighted by Gasteiger charge is -2.42. The quantitative estimate of drug-likeness (QED) is 0.193. The van der Waals surface area contributed by atoms with Crippen LogP contribution in [0.2, 0.25) is 38.3 Å². The molecule has 10 heteroatoms. The highest BCUT2D eigenvalue weighted by Gasteiger charge is 2.49. The second-order valence-corrected chi connectivity index (χ2v) is 21.9. The van der Waals surface area contributed by atoms with Gasteiger partial charge in [-0.15, -0.1) is 0 Å². The molecule has 2 heterocycles. The summed E-state index contributed by atoms with van der Waals surface area (Å²) >= 11 is 0. The van der Waals surface area contributed by atoms with E-state index >= 15 is 0 Å². The topological polar surface area (TPSA) is 105 Å². The third-order valence-corrected chi connectivity index (χ3v) is 13.9. The largest absolute Gasteiger partial charge is 0.465 e. The lowest BCUT2D eigenvalue weighted by molar-refractivity contribution is -0.167. The van der Waals surface area contributed by atoms with Gasteiger partial charge in [-0.05, 0) is 91.7 Å². The van der Waals surface area contributed by atoms with E-state index in [0.29, 0.717) is 6.42 Å². The van der Waals surface area contributed by atoms with Crippen LogP contribution in [0.4, 0.5) is 0 Å². The summed E-state index contributed by atoms with van der Waals surface area (Å²) in [7, 11) is -3.77. The fourth-order valence-electron chi connectivity index (χ4n) is 5.22. The molecule has 0 aromatic rings. The van der Waals surface area contributed by atoms with Gasteiger partial charge in [0.1, 0.15) is 5.60 Å². The maximum Gasteiger partial charge on any atom is 0.317 e. The average Bonchev–Trinajstić information content (AvgIpc) is 2.88. The summed E-state index contributed by atoms with van der Waals surface area (Å²) in [5, 5.41) is 0. The van der Waals surface area contributed by atoms with Crippen molar-refractivity contribution in [2.24, 2.45) is 29.1 Å². The molecule has 0 aliphatic carbocycles. The molecule has 0 saturated carbocycles. The Kier molecular flexibility index (Phi) is 8.87. The van der Waals surface area contributed by atoms with E-state index in [9.17, 15) is 19.2 Å². The minimum absolute atomic E-state index is 0.139. The van der Waals surface area contributed by atoms with Crippen molar-refractivity contribution in [3.8, 4) is 0 Å². The number of hydrogen-bond acceptors (Lipinski definition) is 8. The number of esters is 4. The molecular formula is C25H44O8Si2. The summed E-state index contributed by atoms with van der Waals surface area (Å²) in [6.45, 7) is 19.4. The predicted octanol–water partition coefficient (Wildman–Crippen LogP) is 4.69. The van der Waals surface area contributed by atoms with Gasteiger partial charge in [0.05, 0.1) is 29.8 Å². The van der Waals surface area contributed by atoms with Gasteiger partial charge in [-0.1, -0.05) is 6.92 Å². The number of ether oxygens (including phenoxy) is 3. The van der Waals surface area contributed by atoms with Crippen molar-refractivity contribution >= 4 is 40.5 Å². The molecule has 200 valence electrons. The first-order chi connectivity index (χ1) is 15.7. The molecule has 2 fully saturated rings. The molecule has 0 amide bonds. The predicted molar refractivity (Wildman–Crippen MR) is 136 cm³/mol. The Morgan fingerprint density at radius 2 is 1.49 bits per heavy atom. The number of rotatable bonds is 8. The molecule has 3 atom stereocenters. The van der Waals surface area contributed by atoms with Gasteiger partial charge in [0.15, 0.2) is 16.6 Å². The molecule has 0 aromatic heterocycles. The zero-order valence-electron chi connectivity index (χ0n) is 23.1. The van der Waals surface area contributed by atoms with Crippen molar-refractivity contribution in [3.05, 3.63) is 0 Å². The van der Waals surface area contributed by atoms with Crippen molar-refractivity contribution in [1.29, 1.82) is 0 Å². The van der Waals surface area contributed by atoms with E-state index in [4.69, 9.17) is 18.3 Å². The van der Waals surface area contributed by atoms with Gasteiger partial charge in [-0.25, -0.2) is 0 Å². The van der Waals surface area contributed by atoms with Crippen LogP contribution in [0.5, 0.6) is 0 Å². The molecular weight excluding hydrogens is 484 g/mol. The van der Waals surface area contributed by atoms with Crippen molar-refractivity contribution in [3.63, 3.8) is 0 Å². The first kappa shape index (κ1) is 29.7. The summed E-state index contributed by atoms with van der Waals surface area (Å²) in [6, 6.07) is 1.50. The fourth-order valence-corrected chi connectivity index (χ4v) is 15.1. The summed E-state index contributed by atoms with van der Waals surface area (Å²) in [6.07, 6.45) is 0.479. The highest BCUT2D eigenvalue weighted by atomic mass is 28.4. The van der Waals surface area contributed by atoms with E-state index in [-0.39, 0.29) is 30.8 Å². The van der Waals surface area contributed by atoms with Crippen molar-refractivity contribution < 1.29 is 37.5 Å². The van der Waals surface area contributed by atoms with Crippen LogP contribution in [-0.4, -0.2) is 52.7 Å². The molecule has 2 rings (SSSR count). The van der Waals surface area contributed by atoms with Crippen LogP contribution in [0.15, 0.2) is 0 Å². The van der Waals surface area contributed by atoms with Gasteiger partial charge < -0.3 is 18.3 Å². The Bertz CT molecular complexity index is 827. The van der Waals surface area contributed by atoms with Crippen LogP contribution < -0.4 is 0 Å². The summed E-state index contributed by atoms with van der Waals surface area (Å²) in [4.78, 5) is 50.5. The molecule has 8 nitrogen and oxygen atoms in total. The van der Waals surface area contributed by atoms with E-state index in [0.717, 1.165) is 12.1 Å². The lowest BCUT2D eigenvalue weighted by atomic mass is 9.76. The minimum atomic E-state index is -1.89. The molecule has 35 heavy (non-hydrogen) atoms. The third-order valence-electron chi connectivity index (χ3n) is 6.50. The molecule has 0 spiro atoms. The number of cyclic esters (lactones) is 2. The average molecular weight is 529 g/mol. The second kappa shape index (κ2) is 10.5. The van der Waals surface area contributed by atoms with Gasteiger partial charge in [-0.3, -0.25) is 19.2 Å². The van der Waals surface area contributed by atoms with E-state index < -0.39 is 57.4 Å². The second-order valence-electron chi connectivity index (χ2n) is 13.2. The molecule has 0 N–H and O–H groups in total. The highest BCUT2D eigenvalue weighted by molar-refractivity contribution is 6.86. The van der Waals surface area contributed by atoms with Crippen molar-refractivity contribution in [2.45, 2.75) is 98.3 Å². The lowest BCUT2D eigenvalue weighted by Crippen LogP contribution is -2.52. The third kappa shape index (κ3) is 8.53. The number of carbonyl (C=O) groups excluding carboxylic acids is 4. The zero-order valence-corrected chi connectivity index (χ0v) is 25.1. The van der Waals surface area contributed by atoms with Gasteiger partial charge in [0.25, 0.3) is 0 Å². The highest BCUT2D eigenvalue weighted by Crippen LogP contribution is 2.40. The molecule has 2 aliphatic heterocycles. The Morgan fingerprint density at radius 3 is 2.00 bits per heavy atom. The maximum absolute atomic E-state index is 12.8. The Morgan fingerprint density at radius 1 is 0.971 bits per heavy atom. The minimum Gasteiger partial charge on any atom is -0.465 e. The summed E-state index contributed by atoms with van der Waals surface area (Å²) < 4.78 is 22.4. The van der Waals surface area contributed by atoms with Gasteiger partial charge in [-0.2, -0.15) is 0 Å². The smallest absolute Gasteiger partial charge is 0.317 e. The molecule has 0 bridgehead atoms. The van der Waals surface area contributed by atoms with E-state index in [1.54, 1.807) is 34.6 Å². The van der Waals surface area contributed by atoms with E-state index in [1.165, 1.54) is 0 Å². The van der Waals surface area contributed by atoms with Crippen molar-refractivity contribution in [2.75, 3.05) is 6.61 Å². The van der Waals surface area contributed by atoms with Crippen LogP contribution in [0.3, 0.4) is 0 Å². The Labute approximate surface area is 212 Å². The Hall–Kier alpha value is -1.53. The first-order valence-electron chi connectivity index (χ1n) is 12.6. The van der Waals surface area contributed by atoms with Crippen LogP contribution in [-0.2, 0) is 37.5 Å².